The van der Waals surface area contributed by atoms with Gasteiger partial charge in [-0.1, -0.05) is 36.4 Å². The lowest BCUT2D eigenvalue weighted by Gasteiger charge is -2.29. The van der Waals surface area contributed by atoms with Crippen LogP contribution in [-0.2, 0) is 16.0 Å². The fourth-order valence-corrected chi connectivity index (χ4v) is 3.39. The SMILES string of the molecule is CN=C(/C=C1/c2ccccc2CCN1C=O)OCC1COc2ccccc2O1. The number of benzene rings is 2. The van der Waals surface area contributed by atoms with Crippen LogP contribution in [0.4, 0.5) is 0 Å². The second-order valence-electron chi connectivity index (χ2n) is 6.61. The molecule has 2 aromatic rings. The number of carbonyl (C=O) groups excluding carboxylic acids is 1. The Morgan fingerprint density at radius 1 is 1.21 bits per heavy atom. The van der Waals surface area contributed by atoms with Crippen LogP contribution in [-0.4, -0.2) is 50.1 Å². The molecule has 0 saturated heterocycles. The Morgan fingerprint density at radius 2 is 2.00 bits per heavy atom. The van der Waals surface area contributed by atoms with Gasteiger partial charge in [0.25, 0.3) is 0 Å². The van der Waals surface area contributed by atoms with Crippen LogP contribution in [0.1, 0.15) is 11.1 Å². The van der Waals surface area contributed by atoms with Crippen LogP contribution >= 0.6 is 0 Å². The van der Waals surface area contributed by atoms with Crippen molar-refractivity contribution in [2.45, 2.75) is 12.5 Å². The van der Waals surface area contributed by atoms with E-state index in [1.165, 1.54) is 5.56 Å². The monoisotopic (exact) mass is 378 g/mol. The van der Waals surface area contributed by atoms with Crippen molar-refractivity contribution in [1.29, 1.82) is 0 Å². The van der Waals surface area contributed by atoms with E-state index in [9.17, 15) is 4.79 Å². The predicted octanol–water partition coefficient (Wildman–Crippen LogP) is 2.93. The molecule has 6 heteroatoms. The number of para-hydroxylation sites is 2. The molecule has 0 saturated carbocycles. The second-order valence-corrected chi connectivity index (χ2v) is 6.61. The number of ether oxygens (including phenoxy) is 3. The Hall–Kier alpha value is -3.28. The van der Waals surface area contributed by atoms with Crippen molar-refractivity contribution < 1.29 is 19.0 Å². The normalized spacial score (nSPS) is 19.9. The maximum atomic E-state index is 11.5. The molecule has 0 aromatic heterocycles. The van der Waals surface area contributed by atoms with Crippen molar-refractivity contribution in [3.8, 4) is 11.5 Å². The lowest BCUT2D eigenvalue weighted by atomic mass is 9.96. The van der Waals surface area contributed by atoms with Gasteiger partial charge in [-0.15, -0.1) is 0 Å². The highest BCUT2D eigenvalue weighted by atomic mass is 16.6. The first kappa shape index (κ1) is 18.1. The molecule has 144 valence electrons. The van der Waals surface area contributed by atoms with Crippen LogP contribution in [0, 0.1) is 0 Å². The van der Waals surface area contributed by atoms with E-state index in [1.807, 2.05) is 48.5 Å². The number of amides is 1. The quantitative estimate of drug-likeness (QED) is 0.466. The minimum absolute atomic E-state index is 0.231. The third-order valence-electron chi connectivity index (χ3n) is 4.82. The fourth-order valence-electron chi connectivity index (χ4n) is 3.39. The molecule has 2 aliphatic heterocycles. The largest absolute Gasteiger partial charge is 0.486 e. The van der Waals surface area contributed by atoms with Crippen molar-refractivity contribution in [3.05, 3.63) is 65.7 Å². The standard InChI is InChI=1S/C22H22N2O4/c1-23-22(27-14-17-13-26-20-8-4-5-9-21(20)28-17)12-19-18-7-3-2-6-16(18)10-11-24(19)15-25/h2-9,12,15,17H,10-11,13-14H2,1H3/b19-12-,23-22?. The van der Waals surface area contributed by atoms with Gasteiger partial charge in [-0.2, -0.15) is 0 Å². The molecule has 0 fully saturated rings. The summed E-state index contributed by atoms with van der Waals surface area (Å²) in [6, 6.07) is 15.6. The molecule has 0 spiro atoms. The van der Waals surface area contributed by atoms with E-state index in [0.29, 0.717) is 31.4 Å². The minimum Gasteiger partial charge on any atom is -0.486 e. The van der Waals surface area contributed by atoms with Gasteiger partial charge in [-0.25, -0.2) is 0 Å². The van der Waals surface area contributed by atoms with E-state index in [4.69, 9.17) is 14.2 Å². The Kier molecular flexibility index (Phi) is 5.28. The average molecular weight is 378 g/mol. The summed E-state index contributed by atoms with van der Waals surface area (Å²) in [5.74, 6) is 1.90. The molecule has 0 N–H and O–H groups in total. The van der Waals surface area contributed by atoms with Crippen molar-refractivity contribution >= 4 is 18.0 Å². The van der Waals surface area contributed by atoms with Crippen molar-refractivity contribution in [3.63, 3.8) is 0 Å². The van der Waals surface area contributed by atoms with Crippen LogP contribution in [0.5, 0.6) is 11.5 Å². The zero-order valence-corrected chi connectivity index (χ0v) is 15.7. The van der Waals surface area contributed by atoms with Gasteiger partial charge in [-0.05, 0) is 24.1 Å². The van der Waals surface area contributed by atoms with Gasteiger partial charge in [0.1, 0.15) is 13.2 Å². The number of rotatable bonds is 4. The predicted molar refractivity (Wildman–Crippen MR) is 107 cm³/mol. The summed E-state index contributed by atoms with van der Waals surface area (Å²) in [6.45, 7) is 1.35. The molecule has 0 aliphatic carbocycles. The molecule has 2 aliphatic rings. The summed E-state index contributed by atoms with van der Waals surface area (Å²) >= 11 is 0. The molecule has 4 rings (SSSR count). The van der Waals surface area contributed by atoms with E-state index in [1.54, 1.807) is 11.9 Å². The summed E-state index contributed by atoms with van der Waals surface area (Å²) in [7, 11) is 1.67. The smallest absolute Gasteiger partial charge is 0.214 e. The molecule has 28 heavy (non-hydrogen) atoms. The molecule has 1 atom stereocenters. The summed E-state index contributed by atoms with van der Waals surface area (Å²) in [4.78, 5) is 17.5. The van der Waals surface area contributed by atoms with E-state index in [0.717, 1.165) is 29.8 Å². The summed E-state index contributed by atoms with van der Waals surface area (Å²) in [6.07, 6.45) is 3.26. The van der Waals surface area contributed by atoms with Gasteiger partial charge < -0.3 is 19.1 Å². The van der Waals surface area contributed by atoms with Gasteiger partial charge in [-0.3, -0.25) is 9.79 Å². The molecule has 0 bridgehead atoms. The van der Waals surface area contributed by atoms with E-state index >= 15 is 0 Å². The first-order valence-corrected chi connectivity index (χ1v) is 9.28. The molecular weight excluding hydrogens is 356 g/mol. The molecule has 2 aromatic carbocycles. The highest BCUT2D eigenvalue weighted by Crippen LogP contribution is 2.31. The first-order valence-electron chi connectivity index (χ1n) is 9.28. The molecule has 1 unspecified atom stereocenters. The lowest BCUT2D eigenvalue weighted by molar-refractivity contribution is -0.115. The minimum atomic E-state index is -0.231. The van der Waals surface area contributed by atoms with Gasteiger partial charge in [0.05, 0.1) is 5.70 Å². The van der Waals surface area contributed by atoms with Crippen molar-refractivity contribution in [2.75, 3.05) is 26.8 Å². The zero-order chi connectivity index (χ0) is 19.3. The summed E-state index contributed by atoms with van der Waals surface area (Å²) in [5.41, 5.74) is 3.03. The second kappa shape index (κ2) is 8.17. The molecule has 0 radical (unpaired) electrons. The van der Waals surface area contributed by atoms with Crippen LogP contribution in [0.2, 0.25) is 0 Å². The van der Waals surface area contributed by atoms with Gasteiger partial charge in [0.2, 0.25) is 12.3 Å². The van der Waals surface area contributed by atoms with Gasteiger partial charge >= 0.3 is 0 Å². The number of nitrogens with zero attached hydrogens (tertiary/aromatic N) is 2. The molecule has 6 nitrogen and oxygen atoms in total. The fraction of sp³-hybridized carbons (Fsp3) is 0.273. The highest BCUT2D eigenvalue weighted by molar-refractivity contribution is 5.97. The van der Waals surface area contributed by atoms with E-state index in [-0.39, 0.29) is 6.10 Å². The Labute approximate surface area is 164 Å². The lowest BCUT2D eigenvalue weighted by Crippen LogP contribution is -2.34. The highest BCUT2D eigenvalue weighted by Gasteiger charge is 2.23. The summed E-state index contributed by atoms with van der Waals surface area (Å²) < 4.78 is 17.5. The van der Waals surface area contributed by atoms with Crippen molar-refractivity contribution in [2.24, 2.45) is 4.99 Å². The average Bonchev–Trinajstić information content (AvgIpc) is 2.76. The number of hydrogen-bond acceptors (Lipinski definition) is 5. The van der Waals surface area contributed by atoms with Crippen LogP contribution in [0.3, 0.4) is 0 Å². The number of carbonyl (C=O) groups is 1. The molecule has 1 amide bonds. The zero-order valence-electron chi connectivity index (χ0n) is 15.7. The summed E-state index contributed by atoms with van der Waals surface area (Å²) in [5, 5.41) is 0. The van der Waals surface area contributed by atoms with Gasteiger partial charge in [0, 0.05) is 25.2 Å². The third-order valence-corrected chi connectivity index (χ3v) is 4.82. The van der Waals surface area contributed by atoms with Gasteiger partial charge in [0.15, 0.2) is 17.6 Å². The van der Waals surface area contributed by atoms with E-state index in [2.05, 4.69) is 11.1 Å². The number of aliphatic imine (C=N–C) groups is 1. The van der Waals surface area contributed by atoms with E-state index < -0.39 is 0 Å². The molecule has 2 heterocycles. The first-order chi connectivity index (χ1) is 13.8. The van der Waals surface area contributed by atoms with Crippen molar-refractivity contribution in [1.82, 2.24) is 4.90 Å². The topological polar surface area (TPSA) is 60.4 Å². The number of hydrogen-bond donors (Lipinski definition) is 0. The maximum Gasteiger partial charge on any atom is 0.214 e. The number of fused-ring (bicyclic) bond motifs is 2. The third kappa shape index (κ3) is 3.71. The van der Waals surface area contributed by atoms with Crippen LogP contribution < -0.4 is 9.47 Å². The Bertz CT molecular complexity index is 922. The van der Waals surface area contributed by atoms with Crippen LogP contribution in [0.15, 0.2) is 59.6 Å². The Balaban J connectivity index is 1.48. The van der Waals surface area contributed by atoms with Crippen LogP contribution in [0.25, 0.3) is 5.70 Å². The Morgan fingerprint density at radius 3 is 2.82 bits per heavy atom. The molecular formula is C22H22N2O4. The maximum absolute atomic E-state index is 11.5.